The molecule has 0 amide bonds. The molecular formula is C12H13ClO2. The lowest BCUT2D eigenvalue weighted by Gasteiger charge is -2.10. The Kier molecular flexibility index (Phi) is 3.92. The molecule has 0 atom stereocenters. The number of carboxylic acid groups (broad SMARTS) is 1. The number of hydrogen-bond donors (Lipinski definition) is 1. The van der Waals surface area contributed by atoms with E-state index in [-0.39, 0.29) is 5.92 Å². The Bertz CT molecular complexity index is 394. The Morgan fingerprint density at radius 3 is 2.60 bits per heavy atom. The van der Waals surface area contributed by atoms with Crippen molar-refractivity contribution < 1.29 is 9.90 Å². The van der Waals surface area contributed by atoms with Gasteiger partial charge in [-0.3, -0.25) is 0 Å². The molecule has 1 aromatic carbocycles. The van der Waals surface area contributed by atoms with E-state index in [4.69, 9.17) is 16.7 Å². The summed E-state index contributed by atoms with van der Waals surface area (Å²) in [5, 5.41) is 9.37. The predicted octanol–water partition coefficient (Wildman–Crippen LogP) is 3.46. The molecule has 1 aromatic rings. The van der Waals surface area contributed by atoms with Crippen LogP contribution in [0.1, 0.15) is 19.4 Å². The molecule has 80 valence electrons. The number of allylic oxidation sites excluding steroid dienone is 1. The summed E-state index contributed by atoms with van der Waals surface area (Å²) in [7, 11) is 0. The number of hydrogen-bond acceptors (Lipinski definition) is 1. The minimum atomic E-state index is -0.932. The van der Waals surface area contributed by atoms with Crippen molar-refractivity contribution in [2.75, 3.05) is 0 Å². The summed E-state index contributed by atoms with van der Waals surface area (Å²) in [6.45, 7) is 3.91. The number of aliphatic carboxylic acids is 1. The number of halogens is 1. The number of rotatable bonds is 3. The Morgan fingerprint density at radius 1 is 1.47 bits per heavy atom. The third kappa shape index (κ3) is 3.40. The highest BCUT2D eigenvalue weighted by Gasteiger charge is 2.08. The highest BCUT2D eigenvalue weighted by Crippen LogP contribution is 2.25. The molecule has 0 bridgehead atoms. The molecular weight excluding hydrogens is 212 g/mol. The smallest absolute Gasteiger partial charge is 0.328 e. The Hall–Kier alpha value is -1.28. The van der Waals surface area contributed by atoms with Crippen LogP contribution in [0.2, 0.25) is 5.02 Å². The fourth-order valence-electron chi connectivity index (χ4n) is 1.38. The zero-order valence-electron chi connectivity index (χ0n) is 8.70. The Morgan fingerprint density at radius 2 is 2.13 bits per heavy atom. The molecule has 0 radical (unpaired) electrons. The van der Waals surface area contributed by atoms with E-state index >= 15 is 0 Å². The monoisotopic (exact) mass is 224 g/mol. The second-order valence-electron chi connectivity index (χ2n) is 3.60. The van der Waals surface area contributed by atoms with E-state index in [1.54, 1.807) is 12.1 Å². The Labute approximate surface area is 94.2 Å². The van der Waals surface area contributed by atoms with Crippen molar-refractivity contribution in [2.45, 2.75) is 13.8 Å². The van der Waals surface area contributed by atoms with Gasteiger partial charge in [0.05, 0.1) is 0 Å². The van der Waals surface area contributed by atoms with Gasteiger partial charge < -0.3 is 5.11 Å². The van der Waals surface area contributed by atoms with Crippen molar-refractivity contribution in [1.82, 2.24) is 0 Å². The molecule has 0 saturated carbocycles. The van der Waals surface area contributed by atoms with Gasteiger partial charge in [-0.2, -0.15) is 0 Å². The molecule has 1 rings (SSSR count). The topological polar surface area (TPSA) is 37.3 Å². The molecule has 0 aliphatic rings. The first-order chi connectivity index (χ1) is 7.00. The van der Waals surface area contributed by atoms with Crippen LogP contribution in [-0.2, 0) is 4.79 Å². The zero-order valence-corrected chi connectivity index (χ0v) is 9.45. The van der Waals surface area contributed by atoms with E-state index in [1.807, 2.05) is 26.0 Å². The van der Waals surface area contributed by atoms with Crippen LogP contribution in [0, 0.1) is 5.92 Å². The van der Waals surface area contributed by atoms with Gasteiger partial charge >= 0.3 is 5.97 Å². The van der Waals surface area contributed by atoms with Crippen molar-refractivity contribution >= 4 is 23.1 Å². The Balaban J connectivity index is 3.16. The van der Waals surface area contributed by atoms with Gasteiger partial charge in [0.15, 0.2) is 0 Å². The third-order valence-electron chi connectivity index (χ3n) is 2.06. The standard InChI is InChI=1S/C12H13ClO2/c1-8(2)11(7-12(14)15)9-4-3-5-10(13)6-9/h3-8H,1-2H3,(H,14,15)/b11-7+. The number of carbonyl (C=O) groups is 1. The van der Waals surface area contributed by atoms with E-state index in [0.29, 0.717) is 5.02 Å². The van der Waals surface area contributed by atoms with Crippen LogP contribution in [-0.4, -0.2) is 11.1 Å². The molecule has 0 heterocycles. The molecule has 15 heavy (non-hydrogen) atoms. The maximum atomic E-state index is 10.7. The third-order valence-corrected chi connectivity index (χ3v) is 2.29. The van der Waals surface area contributed by atoms with Gasteiger partial charge in [0.1, 0.15) is 0 Å². The molecule has 0 unspecified atom stereocenters. The van der Waals surface area contributed by atoms with Crippen LogP contribution in [0.3, 0.4) is 0 Å². The van der Waals surface area contributed by atoms with Gasteiger partial charge in [-0.15, -0.1) is 0 Å². The van der Waals surface area contributed by atoms with Gasteiger partial charge in [0.25, 0.3) is 0 Å². The molecule has 3 heteroatoms. The van der Waals surface area contributed by atoms with Crippen LogP contribution in [0.5, 0.6) is 0 Å². The average molecular weight is 225 g/mol. The average Bonchev–Trinajstić information content (AvgIpc) is 2.13. The molecule has 1 N–H and O–H groups in total. The second kappa shape index (κ2) is 4.99. The van der Waals surface area contributed by atoms with Crippen molar-refractivity contribution in [3.8, 4) is 0 Å². The van der Waals surface area contributed by atoms with E-state index in [9.17, 15) is 4.79 Å². The lowest BCUT2D eigenvalue weighted by molar-refractivity contribution is -0.131. The fourth-order valence-corrected chi connectivity index (χ4v) is 1.57. The highest BCUT2D eigenvalue weighted by atomic mass is 35.5. The first kappa shape index (κ1) is 11.8. The molecule has 0 fully saturated rings. The first-order valence-corrected chi connectivity index (χ1v) is 5.09. The molecule has 0 aliphatic carbocycles. The minimum Gasteiger partial charge on any atom is -0.478 e. The molecule has 0 aliphatic heterocycles. The summed E-state index contributed by atoms with van der Waals surface area (Å²) in [5.41, 5.74) is 1.64. The zero-order chi connectivity index (χ0) is 11.4. The summed E-state index contributed by atoms with van der Waals surface area (Å²) >= 11 is 5.86. The lowest BCUT2D eigenvalue weighted by Crippen LogP contribution is -1.98. The van der Waals surface area contributed by atoms with Gasteiger partial charge in [0, 0.05) is 11.1 Å². The summed E-state index contributed by atoms with van der Waals surface area (Å²) < 4.78 is 0. The quantitative estimate of drug-likeness (QED) is 0.799. The first-order valence-electron chi connectivity index (χ1n) is 4.71. The minimum absolute atomic E-state index is 0.152. The molecule has 0 saturated heterocycles. The SMILES string of the molecule is CC(C)/C(=C\C(=O)O)c1cccc(Cl)c1. The second-order valence-corrected chi connectivity index (χ2v) is 4.04. The van der Waals surface area contributed by atoms with Gasteiger partial charge in [0.2, 0.25) is 0 Å². The maximum absolute atomic E-state index is 10.7. The van der Waals surface area contributed by atoms with E-state index in [2.05, 4.69) is 0 Å². The van der Waals surface area contributed by atoms with Crippen molar-refractivity contribution in [3.63, 3.8) is 0 Å². The van der Waals surface area contributed by atoms with E-state index in [1.165, 1.54) is 6.08 Å². The van der Waals surface area contributed by atoms with Crippen LogP contribution in [0.15, 0.2) is 30.3 Å². The van der Waals surface area contributed by atoms with Crippen molar-refractivity contribution in [3.05, 3.63) is 40.9 Å². The highest BCUT2D eigenvalue weighted by molar-refractivity contribution is 6.30. The molecule has 2 nitrogen and oxygen atoms in total. The van der Waals surface area contributed by atoms with Crippen LogP contribution in [0.25, 0.3) is 5.57 Å². The van der Waals surface area contributed by atoms with Crippen LogP contribution < -0.4 is 0 Å². The van der Waals surface area contributed by atoms with E-state index < -0.39 is 5.97 Å². The maximum Gasteiger partial charge on any atom is 0.328 e. The summed E-state index contributed by atoms with van der Waals surface area (Å²) in [5.74, 6) is -0.779. The van der Waals surface area contributed by atoms with Crippen LogP contribution >= 0.6 is 11.6 Å². The fraction of sp³-hybridized carbons (Fsp3) is 0.250. The van der Waals surface area contributed by atoms with Crippen molar-refractivity contribution in [1.29, 1.82) is 0 Å². The van der Waals surface area contributed by atoms with E-state index in [0.717, 1.165) is 11.1 Å². The summed E-state index contributed by atoms with van der Waals surface area (Å²) in [6, 6.07) is 7.22. The molecule has 0 aromatic heterocycles. The summed E-state index contributed by atoms with van der Waals surface area (Å²) in [6.07, 6.45) is 1.23. The van der Waals surface area contributed by atoms with Gasteiger partial charge in [-0.25, -0.2) is 4.79 Å². The largest absolute Gasteiger partial charge is 0.478 e. The number of carboxylic acids is 1. The van der Waals surface area contributed by atoms with Gasteiger partial charge in [-0.05, 0) is 29.2 Å². The van der Waals surface area contributed by atoms with Crippen molar-refractivity contribution in [2.24, 2.45) is 5.92 Å². The summed E-state index contributed by atoms with van der Waals surface area (Å²) in [4.78, 5) is 10.7. The van der Waals surface area contributed by atoms with Crippen LogP contribution in [0.4, 0.5) is 0 Å². The number of benzene rings is 1. The lowest BCUT2D eigenvalue weighted by atomic mass is 9.95. The normalized spacial score (nSPS) is 11.9. The van der Waals surface area contributed by atoms with Gasteiger partial charge in [-0.1, -0.05) is 37.6 Å². The predicted molar refractivity (Wildman–Crippen MR) is 61.9 cm³/mol. The molecule has 0 spiro atoms.